The Bertz CT molecular complexity index is 955. The van der Waals surface area contributed by atoms with Crippen LogP contribution >= 0.6 is 11.6 Å². The molecule has 0 radical (unpaired) electrons. The smallest absolute Gasteiger partial charge is 0.132 e. The van der Waals surface area contributed by atoms with Crippen LogP contribution in [0, 0.1) is 5.92 Å². The minimum absolute atomic E-state index is 0.656. The number of pyridine rings is 1. The second kappa shape index (κ2) is 6.77. The molecule has 1 saturated heterocycles. The van der Waals surface area contributed by atoms with Crippen molar-refractivity contribution in [3.05, 3.63) is 35.5 Å². The van der Waals surface area contributed by atoms with Crippen LogP contribution in [0.5, 0.6) is 0 Å². The van der Waals surface area contributed by atoms with Crippen molar-refractivity contribution in [2.24, 2.45) is 5.92 Å². The van der Waals surface area contributed by atoms with E-state index in [1.165, 1.54) is 12.8 Å². The van der Waals surface area contributed by atoms with E-state index in [-0.39, 0.29) is 0 Å². The minimum Gasteiger partial charge on any atom is -0.354 e. The fourth-order valence-corrected chi connectivity index (χ4v) is 3.98. The highest BCUT2D eigenvalue weighted by Gasteiger charge is 2.24. The van der Waals surface area contributed by atoms with E-state index in [0.29, 0.717) is 5.02 Å². The first-order chi connectivity index (χ1) is 13.2. The number of aromatic nitrogens is 4. The molecule has 2 aromatic heterocycles. The molecule has 3 aromatic rings. The Kier molecular flexibility index (Phi) is 4.25. The average Bonchev–Trinajstić information content (AvgIpc) is 3.42. The number of fused-ring (bicyclic) bond motifs is 1. The Labute approximate surface area is 163 Å². The Morgan fingerprint density at radius 1 is 1.07 bits per heavy atom. The molecule has 5 rings (SSSR count). The van der Waals surface area contributed by atoms with Gasteiger partial charge in [-0.3, -0.25) is 0 Å². The van der Waals surface area contributed by atoms with Crippen LogP contribution in [0.3, 0.4) is 0 Å². The molecular weight excluding hydrogens is 360 g/mol. The van der Waals surface area contributed by atoms with Crippen LogP contribution < -0.4 is 4.90 Å². The van der Waals surface area contributed by atoms with E-state index in [1.54, 1.807) is 0 Å². The van der Waals surface area contributed by atoms with Gasteiger partial charge in [0.1, 0.15) is 11.3 Å². The lowest BCUT2D eigenvalue weighted by molar-refractivity contribution is 0.312. The number of nitrogens with zero attached hydrogens (tertiary/aromatic N) is 6. The van der Waals surface area contributed by atoms with Gasteiger partial charge in [0.15, 0.2) is 0 Å². The third kappa shape index (κ3) is 3.28. The second-order valence-electron chi connectivity index (χ2n) is 7.71. The summed E-state index contributed by atoms with van der Waals surface area (Å²) >= 11 is 6.69. The molecule has 1 saturated carbocycles. The molecule has 0 amide bonds. The largest absolute Gasteiger partial charge is 0.354 e. The zero-order chi connectivity index (χ0) is 18.4. The molecule has 7 heteroatoms. The van der Waals surface area contributed by atoms with Gasteiger partial charge >= 0.3 is 0 Å². The number of hydrogen-bond acceptors (Lipinski definition) is 5. The first kappa shape index (κ1) is 17.0. The van der Waals surface area contributed by atoms with E-state index in [9.17, 15) is 0 Å². The van der Waals surface area contributed by atoms with Crippen LogP contribution in [0.25, 0.3) is 22.2 Å². The standard InChI is InChI=1S/C20H23ClN6/c1-25-8-10-26(11-9-25)18-7-4-15(12-22-18)16-5-6-17-20(19(16)21)23-24-27(17)13-14-2-3-14/h4-7,12,14H,2-3,8-11,13H2,1H3. The SMILES string of the molecule is CN1CCN(c2ccc(-c3ccc4c(nnn4CC4CC4)c3Cl)cn2)CC1. The molecule has 0 spiro atoms. The van der Waals surface area contributed by atoms with Gasteiger partial charge in [0.25, 0.3) is 0 Å². The summed E-state index contributed by atoms with van der Waals surface area (Å²) in [4.78, 5) is 9.36. The van der Waals surface area contributed by atoms with Gasteiger partial charge < -0.3 is 9.80 Å². The molecule has 0 N–H and O–H groups in total. The maximum Gasteiger partial charge on any atom is 0.132 e. The van der Waals surface area contributed by atoms with Gasteiger partial charge in [-0.05, 0) is 44.0 Å². The quantitative estimate of drug-likeness (QED) is 0.692. The zero-order valence-electron chi connectivity index (χ0n) is 15.5. The number of likely N-dealkylation sites (N-methyl/N-ethyl adjacent to an activating group) is 1. The first-order valence-electron chi connectivity index (χ1n) is 9.60. The molecule has 6 nitrogen and oxygen atoms in total. The molecule has 140 valence electrons. The van der Waals surface area contributed by atoms with Gasteiger partial charge in [-0.2, -0.15) is 0 Å². The van der Waals surface area contributed by atoms with E-state index in [4.69, 9.17) is 11.6 Å². The van der Waals surface area contributed by atoms with Gasteiger partial charge in [0, 0.05) is 50.0 Å². The van der Waals surface area contributed by atoms with Crippen LogP contribution in [0.15, 0.2) is 30.5 Å². The van der Waals surface area contributed by atoms with Crippen molar-refractivity contribution < 1.29 is 0 Å². The molecule has 27 heavy (non-hydrogen) atoms. The number of halogens is 1. The van der Waals surface area contributed by atoms with Crippen molar-refractivity contribution in [1.82, 2.24) is 24.9 Å². The van der Waals surface area contributed by atoms with Crippen LogP contribution in [0.4, 0.5) is 5.82 Å². The number of anilines is 1. The molecule has 1 aliphatic heterocycles. The molecule has 2 aliphatic rings. The van der Waals surface area contributed by atoms with Crippen molar-refractivity contribution in [3.63, 3.8) is 0 Å². The molecule has 0 bridgehead atoms. The summed E-state index contributed by atoms with van der Waals surface area (Å²) in [5.41, 5.74) is 3.76. The first-order valence-corrected chi connectivity index (χ1v) is 9.98. The fraction of sp³-hybridized carbons (Fsp3) is 0.450. The molecular formula is C20H23ClN6. The van der Waals surface area contributed by atoms with Crippen LogP contribution in [0.1, 0.15) is 12.8 Å². The van der Waals surface area contributed by atoms with Crippen LogP contribution in [-0.4, -0.2) is 58.1 Å². The molecule has 0 atom stereocenters. The van der Waals surface area contributed by atoms with E-state index in [2.05, 4.69) is 56.4 Å². The molecule has 0 unspecified atom stereocenters. The maximum absolute atomic E-state index is 6.69. The zero-order valence-corrected chi connectivity index (χ0v) is 16.2. The summed E-state index contributed by atoms with van der Waals surface area (Å²) < 4.78 is 1.98. The molecule has 3 heterocycles. The van der Waals surface area contributed by atoms with E-state index in [0.717, 1.165) is 66.6 Å². The molecule has 2 fully saturated rings. The fourth-order valence-electron chi connectivity index (χ4n) is 3.68. The Morgan fingerprint density at radius 3 is 2.59 bits per heavy atom. The Balaban J connectivity index is 1.42. The average molecular weight is 383 g/mol. The van der Waals surface area contributed by atoms with Gasteiger partial charge in [-0.25, -0.2) is 9.67 Å². The normalized spacial score (nSPS) is 18.4. The van der Waals surface area contributed by atoms with Crippen LogP contribution in [0.2, 0.25) is 5.02 Å². The van der Waals surface area contributed by atoms with E-state index < -0.39 is 0 Å². The lowest BCUT2D eigenvalue weighted by atomic mass is 10.1. The highest BCUT2D eigenvalue weighted by Crippen LogP contribution is 2.35. The van der Waals surface area contributed by atoms with E-state index >= 15 is 0 Å². The second-order valence-corrected chi connectivity index (χ2v) is 8.08. The van der Waals surface area contributed by atoms with Crippen molar-refractivity contribution in [3.8, 4) is 11.1 Å². The predicted molar refractivity (Wildman–Crippen MR) is 108 cm³/mol. The highest BCUT2D eigenvalue weighted by molar-refractivity contribution is 6.37. The number of hydrogen-bond donors (Lipinski definition) is 0. The van der Waals surface area contributed by atoms with Gasteiger partial charge in [0.05, 0.1) is 10.5 Å². The third-order valence-electron chi connectivity index (χ3n) is 5.64. The van der Waals surface area contributed by atoms with Crippen molar-refractivity contribution in [1.29, 1.82) is 0 Å². The lowest BCUT2D eigenvalue weighted by Crippen LogP contribution is -2.44. The number of benzene rings is 1. The van der Waals surface area contributed by atoms with Crippen LogP contribution in [-0.2, 0) is 6.54 Å². The maximum atomic E-state index is 6.69. The van der Waals surface area contributed by atoms with Crippen molar-refractivity contribution in [2.75, 3.05) is 38.1 Å². The molecule has 1 aromatic carbocycles. The lowest BCUT2D eigenvalue weighted by Gasteiger charge is -2.33. The predicted octanol–water partition coefficient (Wildman–Crippen LogP) is 3.31. The summed E-state index contributed by atoms with van der Waals surface area (Å²) in [5, 5.41) is 9.30. The van der Waals surface area contributed by atoms with Gasteiger partial charge in [0.2, 0.25) is 0 Å². The van der Waals surface area contributed by atoms with Crippen molar-refractivity contribution in [2.45, 2.75) is 19.4 Å². The summed E-state index contributed by atoms with van der Waals surface area (Å²) in [7, 11) is 2.16. The molecule has 1 aliphatic carbocycles. The number of piperazine rings is 1. The van der Waals surface area contributed by atoms with E-state index in [1.807, 2.05) is 10.9 Å². The Morgan fingerprint density at radius 2 is 1.89 bits per heavy atom. The monoisotopic (exact) mass is 382 g/mol. The third-order valence-corrected chi connectivity index (χ3v) is 6.02. The highest BCUT2D eigenvalue weighted by atomic mass is 35.5. The summed E-state index contributed by atoms with van der Waals surface area (Å²) in [6.07, 6.45) is 4.49. The summed E-state index contributed by atoms with van der Waals surface area (Å²) in [5.74, 6) is 1.78. The Hall–Kier alpha value is -2.18. The van der Waals surface area contributed by atoms with Gasteiger partial charge in [-0.1, -0.05) is 22.9 Å². The topological polar surface area (TPSA) is 50.1 Å². The van der Waals surface area contributed by atoms with Crippen molar-refractivity contribution >= 4 is 28.5 Å². The van der Waals surface area contributed by atoms with Gasteiger partial charge in [-0.15, -0.1) is 5.10 Å². The summed E-state index contributed by atoms with van der Waals surface area (Å²) in [6, 6.07) is 8.32. The summed E-state index contributed by atoms with van der Waals surface area (Å²) in [6.45, 7) is 5.11. The minimum atomic E-state index is 0.656. The number of rotatable bonds is 4.